The largest absolute Gasteiger partial charge is 0.499 e. The molecule has 0 bridgehead atoms. The second-order valence-corrected chi connectivity index (χ2v) is 4.86. The summed E-state index contributed by atoms with van der Waals surface area (Å²) in [6, 6.07) is 13.2. The van der Waals surface area contributed by atoms with Gasteiger partial charge in [0.05, 0.1) is 6.61 Å². The number of fused-ring (bicyclic) bond motifs is 1. The van der Waals surface area contributed by atoms with Crippen LogP contribution in [-0.2, 0) is 20.4 Å². The van der Waals surface area contributed by atoms with Gasteiger partial charge in [0, 0.05) is 0 Å². The predicted octanol–water partition coefficient (Wildman–Crippen LogP) is 2.95. The van der Waals surface area contributed by atoms with Crippen molar-refractivity contribution in [1.82, 2.24) is 0 Å². The van der Waals surface area contributed by atoms with Crippen LogP contribution in [0.4, 0.5) is 0 Å². The van der Waals surface area contributed by atoms with Crippen LogP contribution in [0.5, 0.6) is 0 Å². The van der Waals surface area contributed by atoms with Crippen molar-refractivity contribution in [2.45, 2.75) is 6.61 Å². The Labute approximate surface area is 97.8 Å². The minimum absolute atomic E-state index is 0.112. The van der Waals surface area contributed by atoms with Crippen LogP contribution in [-0.4, -0.2) is 10.2 Å². The number of hydrogen-bond donors (Lipinski definition) is 2. The van der Waals surface area contributed by atoms with E-state index in [1.807, 2.05) is 36.4 Å². The third-order valence-corrected chi connectivity index (χ3v) is 2.97. The summed E-state index contributed by atoms with van der Waals surface area (Å²) in [5.41, 5.74) is 0.718. The zero-order valence-electron chi connectivity index (χ0n) is 8.81. The molecule has 2 N–H and O–H groups in total. The second-order valence-electron chi connectivity index (χ2n) is 3.51. The number of phosphoric acid groups is 1. The molecule has 0 aliphatic heterocycles. The average molecular weight is 254 g/mol. The molecule has 2 aromatic rings. The third-order valence-electron chi connectivity index (χ3n) is 2.31. The molecule has 0 radical (unpaired) electrons. The normalized spacial score (nSPS) is 14.7. The minimum Gasteiger partial charge on any atom is -0.301 e. The Morgan fingerprint density at radius 1 is 1.12 bits per heavy atom. The topological polar surface area (TPSA) is 76.0 Å². The van der Waals surface area contributed by atoms with Crippen molar-refractivity contribution >= 4 is 18.6 Å². The molecule has 0 aliphatic carbocycles. The lowest BCUT2D eigenvalue weighted by Gasteiger charge is -2.08. The van der Waals surface area contributed by atoms with E-state index in [4.69, 9.17) is 10.2 Å². The molecule has 1 unspecified atom stereocenters. The summed E-state index contributed by atoms with van der Waals surface area (Å²) in [6.07, 6.45) is 0. The summed E-state index contributed by atoms with van der Waals surface area (Å²) in [7, 11) is -4.34. The van der Waals surface area contributed by atoms with Gasteiger partial charge in [0.15, 0.2) is 0 Å². The Kier molecular flexibility index (Phi) is 3.57. The van der Waals surface area contributed by atoms with Crippen LogP contribution in [0.1, 0.15) is 5.56 Å². The van der Waals surface area contributed by atoms with Gasteiger partial charge < -0.3 is 4.89 Å². The monoisotopic (exact) mass is 254 g/mol. The van der Waals surface area contributed by atoms with E-state index in [2.05, 4.69) is 9.20 Å². The Hall–Kier alpha value is -1.23. The fourth-order valence-corrected chi connectivity index (χ4v) is 1.87. The van der Waals surface area contributed by atoms with Gasteiger partial charge in [-0.15, -0.1) is 4.67 Å². The smallest absolute Gasteiger partial charge is 0.301 e. The Balaban J connectivity index is 2.17. The first-order valence-electron chi connectivity index (χ1n) is 4.89. The Morgan fingerprint density at radius 3 is 2.53 bits per heavy atom. The highest BCUT2D eigenvalue weighted by Crippen LogP contribution is 2.42. The molecule has 6 heteroatoms. The van der Waals surface area contributed by atoms with Crippen LogP contribution < -0.4 is 0 Å². The molecule has 2 aromatic carbocycles. The zero-order valence-corrected chi connectivity index (χ0v) is 9.71. The lowest BCUT2D eigenvalue weighted by atomic mass is 10.1. The van der Waals surface area contributed by atoms with Crippen LogP contribution >= 0.6 is 7.82 Å². The van der Waals surface area contributed by atoms with Crippen LogP contribution in [0.2, 0.25) is 0 Å². The van der Waals surface area contributed by atoms with E-state index in [1.165, 1.54) is 0 Å². The molecule has 0 amide bonds. The van der Waals surface area contributed by atoms with E-state index < -0.39 is 7.82 Å². The van der Waals surface area contributed by atoms with Gasteiger partial charge in [0.25, 0.3) is 0 Å². The maximum atomic E-state index is 10.9. The maximum Gasteiger partial charge on any atom is 0.499 e. The van der Waals surface area contributed by atoms with E-state index in [9.17, 15) is 4.57 Å². The summed E-state index contributed by atoms with van der Waals surface area (Å²) < 4.78 is 18.8. The molecule has 2 rings (SSSR count). The van der Waals surface area contributed by atoms with Crippen molar-refractivity contribution in [3.63, 3.8) is 0 Å². The Bertz CT molecular complexity index is 569. The molecule has 1 atom stereocenters. The van der Waals surface area contributed by atoms with Crippen LogP contribution in [0.25, 0.3) is 10.8 Å². The lowest BCUT2D eigenvalue weighted by molar-refractivity contribution is -0.163. The molecule has 0 heterocycles. The molecule has 0 saturated carbocycles. The fraction of sp³-hybridized carbons (Fsp3) is 0.0909. The van der Waals surface area contributed by atoms with Crippen molar-refractivity contribution in [2.75, 3.05) is 0 Å². The highest BCUT2D eigenvalue weighted by Gasteiger charge is 2.20. The van der Waals surface area contributed by atoms with E-state index in [0.717, 1.165) is 16.3 Å². The molecule has 90 valence electrons. The molecular weight excluding hydrogens is 243 g/mol. The highest BCUT2D eigenvalue weighted by molar-refractivity contribution is 7.47. The fourth-order valence-electron chi connectivity index (χ4n) is 1.51. The van der Waals surface area contributed by atoms with Gasteiger partial charge >= 0.3 is 7.82 Å². The molecule has 0 aromatic heterocycles. The first kappa shape index (κ1) is 12.2. The first-order valence-corrected chi connectivity index (χ1v) is 6.38. The minimum atomic E-state index is -4.34. The number of benzene rings is 2. The molecule has 0 aliphatic rings. The standard InChI is InChI=1S/C11H11O5P/c12-16-17(13,14)15-8-9-5-6-10-3-1-2-4-11(10)7-9/h1-7,12H,8H2,(H,13,14). The van der Waals surface area contributed by atoms with Gasteiger partial charge in [-0.05, 0) is 22.4 Å². The summed E-state index contributed by atoms with van der Waals surface area (Å²) in [5, 5.41) is 10.2. The van der Waals surface area contributed by atoms with Gasteiger partial charge in [-0.1, -0.05) is 36.4 Å². The summed E-state index contributed by atoms with van der Waals surface area (Å²) in [5.74, 6) is 0. The number of phosphoric ester groups is 1. The SMILES string of the molecule is O=P(O)(OO)OCc1ccc2ccccc2c1. The molecule has 0 fully saturated rings. The number of rotatable bonds is 4. The first-order chi connectivity index (χ1) is 8.11. The molecule has 0 spiro atoms. The van der Waals surface area contributed by atoms with E-state index in [1.54, 1.807) is 6.07 Å². The molecule has 5 nitrogen and oxygen atoms in total. The maximum absolute atomic E-state index is 10.9. The van der Waals surface area contributed by atoms with Crippen LogP contribution in [0.3, 0.4) is 0 Å². The second kappa shape index (κ2) is 4.96. The van der Waals surface area contributed by atoms with Crippen molar-refractivity contribution < 1.29 is 23.9 Å². The van der Waals surface area contributed by atoms with E-state index in [-0.39, 0.29) is 6.61 Å². The van der Waals surface area contributed by atoms with Gasteiger partial charge in [-0.2, -0.15) is 0 Å². The summed E-state index contributed by atoms with van der Waals surface area (Å²) in [6.45, 7) is -0.112. The van der Waals surface area contributed by atoms with Crippen LogP contribution in [0, 0.1) is 0 Å². The lowest BCUT2D eigenvalue weighted by Crippen LogP contribution is -1.93. The quantitative estimate of drug-likeness (QED) is 0.498. The van der Waals surface area contributed by atoms with Crippen molar-refractivity contribution in [3.8, 4) is 0 Å². The van der Waals surface area contributed by atoms with E-state index in [0.29, 0.717) is 0 Å². The molecule has 17 heavy (non-hydrogen) atoms. The summed E-state index contributed by atoms with van der Waals surface area (Å²) in [4.78, 5) is 8.86. The van der Waals surface area contributed by atoms with Gasteiger partial charge in [-0.3, -0.25) is 4.52 Å². The summed E-state index contributed by atoms with van der Waals surface area (Å²) >= 11 is 0. The average Bonchev–Trinajstić information content (AvgIpc) is 2.36. The van der Waals surface area contributed by atoms with Gasteiger partial charge in [0.1, 0.15) is 0 Å². The third kappa shape index (κ3) is 3.12. The highest BCUT2D eigenvalue weighted by atomic mass is 31.2. The van der Waals surface area contributed by atoms with Crippen molar-refractivity contribution in [1.29, 1.82) is 0 Å². The molecular formula is C11H11O5P. The van der Waals surface area contributed by atoms with Crippen LogP contribution in [0.15, 0.2) is 42.5 Å². The van der Waals surface area contributed by atoms with Crippen molar-refractivity contribution in [2.24, 2.45) is 0 Å². The number of hydrogen-bond acceptors (Lipinski definition) is 4. The Morgan fingerprint density at radius 2 is 1.82 bits per heavy atom. The van der Waals surface area contributed by atoms with E-state index >= 15 is 0 Å². The van der Waals surface area contributed by atoms with Gasteiger partial charge in [-0.25, -0.2) is 9.82 Å². The van der Waals surface area contributed by atoms with Crippen molar-refractivity contribution in [3.05, 3.63) is 48.0 Å². The van der Waals surface area contributed by atoms with Gasteiger partial charge in [0.2, 0.25) is 0 Å². The zero-order chi connectivity index (χ0) is 12.3. The molecule has 0 saturated heterocycles. The predicted molar refractivity (Wildman–Crippen MR) is 62.3 cm³/mol.